The molecule has 0 saturated carbocycles. The molecular weight excluding hydrogens is 286 g/mol. The van der Waals surface area contributed by atoms with Gasteiger partial charge in [-0.2, -0.15) is 0 Å². The third-order valence-corrected chi connectivity index (χ3v) is 3.81. The number of aromatic nitrogens is 1. The van der Waals surface area contributed by atoms with Crippen molar-refractivity contribution in [3.05, 3.63) is 72.8 Å². The van der Waals surface area contributed by atoms with Crippen LogP contribution in [0, 0.1) is 0 Å². The fourth-order valence-corrected chi connectivity index (χ4v) is 2.61. The third kappa shape index (κ3) is 2.57. The standard InChI is InChI=1S/C20H15NO2/c1-22-17-9-5-8-15(12-17)16-10-11-18-19(13-16)23-20(21-18)14-6-3-2-4-7-14/h2-13H,1H3. The molecule has 0 N–H and O–H groups in total. The van der Waals surface area contributed by atoms with E-state index in [0.29, 0.717) is 5.89 Å². The van der Waals surface area contributed by atoms with Crippen molar-refractivity contribution in [3.63, 3.8) is 0 Å². The highest BCUT2D eigenvalue weighted by Gasteiger charge is 2.09. The summed E-state index contributed by atoms with van der Waals surface area (Å²) in [6.45, 7) is 0. The zero-order valence-electron chi connectivity index (χ0n) is 12.7. The number of methoxy groups -OCH3 is 1. The van der Waals surface area contributed by atoms with E-state index in [1.54, 1.807) is 7.11 Å². The second-order valence-corrected chi connectivity index (χ2v) is 5.30. The zero-order valence-corrected chi connectivity index (χ0v) is 12.7. The second kappa shape index (κ2) is 5.61. The minimum atomic E-state index is 0.642. The van der Waals surface area contributed by atoms with E-state index < -0.39 is 0 Å². The van der Waals surface area contributed by atoms with Crippen molar-refractivity contribution in [2.75, 3.05) is 7.11 Å². The maximum Gasteiger partial charge on any atom is 0.227 e. The van der Waals surface area contributed by atoms with E-state index in [0.717, 1.165) is 33.5 Å². The maximum absolute atomic E-state index is 5.93. The number of rotatable bonds is 3. The van der Waals surface area contributed by atoms with Gasteiger partial charge in [0.15, 0.2) is 5.58 Å². The van der Waals surface area contributed by atoms with Crippen LogP contribution >= 0.6 is 0 Å². The van der Waals surface area contributed by atoms with Gasteiger partial charge in [-0.15, -0.1) is 0 Å². The summed E-state index contributed by atoms with van der Waals surface area (Å²) < 4.78 is 11.2. The first-order chi connectivity index (χ1) is 11.3. The average Bonchev–Trinajstić information content (AvgIpc) is 3.06. The number of ether oxygens (including phenoxy) is 1. The minimum Gasteiger partial charge on any atom is -0.497 e. The number of nitrogens with zero attached hydrogens (tertiary/aromatic N) is 1. The van der Waals surface area contributed by atoms with Crippen LogP contribution in [-0.2, 0) is 0 Å². The first-order valence-corrected chi connectivity index (χ1v) is 7.44. The smallest absolute Gasteiger partial charge is 0.227 e. The number of oxazole rings is 1. The zero-order chi connectivity index (χ0) is 15.6. The number of benzene rings is 3. The average molecular weight is 301 g/mol. The highest BCUT2D eigenvalue weighted by atomic mass is 16.5. The van der Waals surface area contributed by atoms with Gasteiger partial charge in [0.05, 0.1) is 7.11 Å². The summed E-state index contributed by atoms with van der Waals surface area (Å²) in [5.41, 5.74) is 4.78. The third-order valence-electron chi connectivity index (χ3n) is 3.81. The first-order valence-electron chi connectivity index (χ1n) is 7.44. The van der Waals surface area contributed by atoms with Crippen molar-refractivity contribution in [1.82, 2.24) is 4.98 Å². The highest BCUT2D eigenvalue weighted by molar-refractivity contribution is 5.82. The van der Waals surface area contributed by atoms with E-state index in [1.165, 1.54) is 0 Å². The van der Waals surface area contributed by atoms with Crippen LogP contribution in [-0.4, -0.2) is 12.1 Å². The Balaban J connectivity index is 1.79. The van der Waals surface area contributed by atoms with Crippen molar-refractivity contribution in [1.29, 1.82) is 0 Å². The monoisotopic (exact) mass is 301 g/mol. The van der Waals surface area contributed by atoms with Crippen LogP contribution in [0.4, 0.5) is 0 Å². The molecule has 0 atom stereocenters. The molecule has 3 nitrogen and oxygen atoms in total. The van der Waals surface area contributed by atoms with Gasteiger partial charge in [-0.3, -0.25) is 0 Å². The summed E-state index contributed by atoms with van der Waals surface area (Å²) >= 11 is 0. The van der Waals surface area contributed by atoms with Crippen LogP contribution in [0.1, 0.15) is 0 Å². The Morgan fingerprint density at radius 1 is 0.783 bits per heavy atom. The molecule has 0 saturated heterocycles. The predicted molar refractivity (Wildman–Crippen MR) is 91.4 cm³/mol. The summed E-state index contributed by atoms with van der Waals surface area (Å²) in [5, 5.41) is 0. The SMILES string of the molecule is COc1cccc(-c2ccc3nc(-c4ccccc4)oc3c2)c1. The summed E-state index contributed by atoms with van der Waals surface area (Å²) in [7, 11) is 1.67. The van der Waals surface area contributed by atoms with E-state index in [-0.39, 0.29) is 0 Å². The Morgan fingerprint density at radius 2 is 1.57 bits per heavy atom. The van der Waals surface area contributed by atoms with Crippen LogP contribution < -0.4 is 4.74 Å². The Bertz CT molecular complexity index is 958. The molecule has 0 spiro atoms. The van der Waals surface area contributed by atoms with Gasteiger partial charge < -0.3 is 9.15 Å². The lowest BCUT2D eigenvalue weighted by Gasteiger charge is -2.04. The molecule has 0 aliphatic heterocycles. The Hall–Kier alpha value is -3.07. The van der Waals surface area contributed by atoms with E-state index in [9.17, 15) is 0 Å². The van der Waals surface area contributed by atoms with Crippen LogP contribution in [0.3, 0.4) is 0 Å². The first kappa shape index (κ1) is 13.6. The molecule has 4 rings (SSSR count). The molecule has 1 aromatic heterocycles. The van der Waals surface area contributed by atoms with E-state index in [2.05, 4.69) is 17.1 Å². The molecule has 0 unspecified atom stereocenters. The van der Waals surface area contributed by atoms with Gasteiger partial charge in [-0.1, -0.05) is 36.4 Å². The van der Waals surface area contributed by atoms with Crippen LogP contribution in [0.25, 0.3) is 33.7 Å². The van der Waals surface area contributed by atoms with Crippen molar-refractivity contribution in [2.45, 2.75) is 0 Å². The van der Waals surface area contributed by atoms with E-state index in [4.69, 9.17) is 9.15 Å². The Kier molecular flexibility index (Phi) is 3.31. The Morgan fingerprint density at radius 3 is 2.39 bits per heavy atom. The molecule has 0 fully saturated rings. The fraction of sp³-hybridized carbons (Fsp3) is 0.0500. The molecule has 0 aliphatic carbocycles. The van der Waals surface area contributed by atoms with Gasteiger partial charge in [0.1, 0.15) is 11.3 Å². The van der Waals surface area contributed by atoms with E-state index >= 15 is 0 Å². The van der Waals surface area contributed by atoms with E-state index in [1.807, 2.05) is 60.7 Å². The molecule has 3 heteroatoms. The Labute approximate surface area is 134 Å². The quantitative estimate of drug-likeness (QED) is 0.523. The highest BCUT2D eigenvalue weighted by Crippen LogP contribution is 2.29. The summed E-state index contributed by atoms with van der Waals surface area (Å²) in [4.78, 5) is 4.56. The van der Waals surface area contributed by atoms with Gasteiger partial charge in [-0.05, 0) is 47.5 Å². The number of hydrogen-bond acceptors (Lipinski definition) is 3. The van der Waals surface area contributed by atoms with Crippen molar-refractivity contribution in [2.24, 2.45) is 0 Å². The molecular formula is C20H15NO2. The molecule has 3 aromatic carbocycles. The molecule has 0 bridgehead atoms. The van der Waals surface area contributed by atoms with Gasteiger partial charge in [0, 0.05) is 5.56 Å². The molecule has 0 radical (unpaired) electrons. The van der Waals surface area contributed by atoms with Crippen molar-refractivity contribution >= 4 is 11.1 Å². The van der Waals surface area contributed by atoms with Gasteiger partial charge in [0.2, 0.25) is 5.89 Å². The topological polar surface area (TPSA) is 35.3 Å². The molecule has 4 aromatic rings. The number of fused-ring (bicyclic) bond motifs is 1. The van der Waals surface area contributed by atoms with Crippen LogP contribution in [0.2, 0.25) is 0 Å². The largest absolute Gasteiger partial charge is 0.497 e. The lowest BCUT2D eigenvalue weighted by Crippen LogP contribution is -1.83. The van der Waals surface area contributed by atoms with Gasteiger partial charge >= 0.3 is 0 Å². The van der Waals surface area contributed by atoms with Crippen molar-refractivity contribution in [3.8, 4) is 28.3 Å². The van der Waals surface area contributed by atoms with Gasteiger partial charge in [0.25, 0.3) is 0 Å². The summed E-state index contributed by atoms with van der Waals surface area (Å²) in [6.07, 6.45) is 0. The lowest BCUT2D eigenvalue weighted by atomic mass is 10.1. The maximum atomic E-state index is 5.93. The molecule has 0 amide bonds. The predicted octanol–water partition coefficient (Wildman–Crippen LogP) is 5.17. The molecule has 23 heavy (non-hydrogen) atoms. The molecule has 0 aliphatic rings. The van der Waals surface area contributed by atoms with Gasteiger partial charge in [-0.25, -0.2) is 4.98 Å². The molecule has 1 heterocycles. The summed E-state index contributed by atoms with van der Waals surface area (Å²) in [6, 6.07) is 24.0. The minimum absolute atomic E-state index is 0.642. The fourth-order valence-electron chi connectivity index (χ4n) is 2.61. The van der Waals surface area contributed by atoms with Crippen LogP contribution in [0.15, 0.2) is 77.2 Å². The summed E-state index contributed by atoms with van der Waals surface area (Å²) in [5.74, 6) is 1.48. The second-order valence-electron chi connectivity index (χ2n) is 5.30. The van der Waals surface area contributed by atoms with Crippen molar-refractivity contribution < 1.29 is 9.15 Å². The normalized spacial score (nSPS) is 10.8. The lowest BCUT2D eigenvalue weighted by molar-refractivity contribution is 0.415. The van der Waals surface area contributed by atoms with Crippen LogP contribution in [0.5, 0.6) is 5.75 Å². The molecule has 112 valence electrons. The number of hydrogen-bond donors (Lipinski definition) is 0.